The maximum absolute atomic E-state index is 12.7. The summed E-state index contributed by atoms with van der Waals surface area (Å²) in [6, 6.07) is 5.65. The Balaban J connectivity index is 3.09. The van der Waals surface area contributed by atoms with Crippen LogP contribution in [0.3, 0.4) is 0 Å². The van der Waals surface area contributed by atoms with Crippen molar-refractivity contribution in [3.63, 3.8) is 0 Å². The highest BCUT2D eigenvalue weighted by atomic mass is 16.2. The highest BCUT2D eigenvalue weighted by molar-refractivity contribution is 5.96. The molecule has 0 saturated heterocycles. The monoisotopic (exact) mass is 287 g/mol. The average Bonchev–Trinajstić information content (AvgIpc) is 2.49. The molecule has 1 N–H and O–H groups in total. The van der Waals surface area contributed by atoms with Gasteiger partial charge in [-0.1, -0.05) is 38.2 Å². The molecule has 0 aliphatic heterocycles. The van der Waals surface area contributed by atoms with E-state index in [0.717, 1.165) is 18.5 Å². The zero-order chi connectivity index (χ0) is 15.8. The van der Waals surface area contributed by atoms with Crippen LogP contribution in [-0.4, -0.2) is 35.6 Å². The third-order valence-electron chi connectivity index (χ3n) is 3.61. The van der Waals surface area contributed by atoms with Gasteiger partial charge in [-0.25, -0.2) is 0 Å². The second-order valence-electron chi connectivity index (χ2n) is 5.37. The number of benzene rings is 1. The number of carbonyl (C=O) groups is 1. The lowest BCUT2D eigenvalue weighted by atomic mass is 10.0. The minimum atomic E-state index is -0.202. The van der Waals surface area contributed by atoms with E-state index in [2.05, 4.69) is 25.7 Å². The zero-order valence-corrected chi connectivity index (χ0v) is 13.4. The van der Waals surface area contributed by atoms with Crippen molar-refractivity contribution in [1.82, 2.24) is 4.90 Å². The van der Waals surface area contributed by atoms with Gasteiger partial charge in [0, 0.05) is 18.7 Å². The van der Waals surface area contributed by atoms with Gasteiger partial charge < -0.3 is 10.0 Å². The summed E-state index contributed by atoms with van der Waals surface area (Å²) in [5.41, 5.74) is 2.36. The highest BCUT2D eigenvalue weighted by Crippen LogP contribution is 2.15. The number of rotatable bonds is 5. The molecule has 0 aromatic heterocycles. The molecule has 0 aliphatic rings. The maximum atomic E-state index is 12.7. The summed E-state index contributed by atoms with van der Waals surface area (Å²) < 4.78 is 0. The second-order valence-corrected chi connectivity index (χ2v) is 5.37. The Morgan fingerprint density at radius 3 is 2.67 bits per heavy atom. The van der Waals surface area contributed by atoms with Gasteiger partial charge in [0.05, 0.1) is 5.56 Å². The van der Waals surface area contributed by atoms with Crippen LogP contribution < -0.4 is 0 Å². The third-order valence-corrected chi connectivity index (χ3v) is 3.61. The Labute approximate surface area is 128 Å². The van der Waals surface area contributed by atoms with Crippen molar-refractivity contribution in [3.05, 3.63) is 34.9 Å². The number of carbonyl (C=O) groups excluding carboxylic acids is 1. The van der Waals surface area contributed by atoms with Gasteiger partial charge in [0.25, 0.3) is 5.91 Å². The lowest BCUT2D eigenvalue weighted by molar-refractivity contribution is 0.0740. The van der Waals surface area contributed by atoms with E-state index in [1.807, 2.05) is 36.9 Å². The first-order valence-electron chi connectivity index (χ1n) is 7.53. The van der Waals surface area contributed by atoms with Crippen LogP contribution in [0.4, 0.5) is 0 Å². The predicted molar refractivity (Wildman–Crippen MR) is 86.2 cm³/mol. The molecule has 0 saturated carbocycles. The van der Waals surface area contributed by atoms with Crippen LogP contribution in [-0.2, 0) is 0 Å². The van der Waals surface area contributed by atoms with Gasteiger partial charge in [0.2, 0.25) is 0 Å². The first kappa shape index (κ1) is 17.3. The smallest absolute Gasteiger partial charge is 0.255 e. The summed E-state index contributed by atoms with van der Waals surface area (Å²) in [6.07, 6.45) is 1.05. The Bertz CT molecular complexity index is 540. The van der Waals surface area contributed by atoms with E-state index in [1.54, 1.807) is 0 Å². The predicted octanol–water partition coefficient (Wildman–Crippen LogP) is 2.85. The van der Waals surface area contributed by atoms with E-state index >= 15 is 0 Å². The van der Waals surface area contributed by atoms with Crippen molar-refractivity contribution >= 4 is 5.91 Å². The molecule has 0 spiro atoms. The Hall–Kier alpha value is -1.79. The fourth-order valence-electron chi connectivity index (χ4n) is 2.11. The molecular weight excluding hydrogens is 262 g/mol. The molecule has 1 atom stereocenters. The highest BCUT2D eigenvalue weighted by Gasteiger charge is 2.18. The average molecular weight is 287 g/mol. The lowest BCUT2D eigenvalue weighted by Gasteiger charge is -2.24. The Morgan fingerprint density at radius 1 is 1.38 bits per heavy atom. The third kappa shape index (κ3) is 4.91. The van der Waals surface area contributed by atoms with Crippen LogP contribution >= 0.6 is 0 Å². The van der Waals surface area contributed by atoms with Gasteiger partial charge in [-0.2, -0.15) is 0 Å². The number of hydrogen-bond donors (Lipinski definition) is 1. The number of aliphatic hydroxyl groups excluding tert-OH is 1. The molecule has 0 aliphatic carbocycles. The minimum Gasteiger partial charge on any atom is -0.384 e. The summed E-state index contributed by atoms with van der Waals surface area (Å²) in [5.74, 6) is 6.01. The van der Waals surface area contributed by atoms with Crippen molar-refractivity contribution in [2.45, 2.75) is 34.1 Å². The van der Waals surface area contributed by atoms with Crippen LogP contribution in [0, 0.1) is 24.7 Å². The van der Waals surface area contributed by atoms with Gasteiger partial charge >= 0.3 is 0 Å². The van der Waals surface area contributed by atoms with E-state index in [1.165, 1.54) is 0 Å². The summed E-state index contributed by atoms with van der Waals surface area (Å²) in [6.45, 7) is 9.48. The van der Waals surface area contributed by atoms with Gasteiger partial charge in [-0.15, -0.1) is 0 Å². The maximum Gasteiger partial charge on any atom is 0.255 e. The number of amides is 1. The molecule has 1 unspecified atom stereocenters. The van der Waals surface area contributed by atoms with Crippen LogP contribution in [0.15, 0.2) is 18.2 Å². The standard InChI is InChI=1S/C18H25NO2/c1-5-14(3)13-19(6-2)18(21)17-10-9-15(4)12-16(17)8-7-11-20/h9-10,12,14,20H,5-6,11,13H2,1-4H3. The lowest BCUT2D eigenvalue weighted by Crippen LogP contribution is -2.35. The molecule has 1 aromatic carbocycles. The largest absolute Gasteiger partial charge is 0.384 e. The van der Waals surface area contributed by atoms with E-state index < -0.39 is 0 Å². The molecule has 3 nitrogen and oxygen atoms in total. The van der Waals surface area contributed by atoms with Crippen molar-refractivity contribution < 1.29 is 9.90 Å². The summed E-state index contributed by atoms with van der Waals surface area (Å²) >= 11 is 0. The summed E-state index contributed by atoms with van der Waals surface area (Å²) in [7, 11) is 0. The van der Waals surface area contributed by atoms with Crippen LogP contribution in [0.1, 0.15) is 48.7 Å². The van der Waals surface area contributed by atoms with Gasteiger partial charge in [-0.3, -0.25) is 4.79 Å². The summed E-state index contributed by atoms with van der Waals surface area (Å²) in [5, 5.41) is 8.86. The fourth-order valence-corrected chi connectivity index (χ4v) is 2.11. The van der Waals surface area contributed by atoms with Crippen molar-refractivity contribution in [2.75, 3.05) is 19.7 Å². The van der Waals surface area contributed by atoms with Crippen molar-refractivity contribution in [3.8, 4) is 11.8 Å². The molecule has 1 rings (SSSR count). The number of aryl methyl sites for hydroxylation is 1. The molecular formula is C18H25NO2. The summed E-state index contributed by atoms with van der Waals surface area (Å²) in [4.78, 5) is 14.6. The second kappa shape index (κ2) is 8.49. The Morgan fingerprint density at radius 2 is 2.10 bits per heavy atom. The van der Waals surface area contributed by atoms with Crippen LogP contribution in [0.25, 0.3) is 0 Å². The SMILES string of the molecule is CCC(C)CN(CC)C(=O)c1ccc(C)cc1C#CCO. The fraction of sp³-hybridized carbons (Fsp3) is 0.500. The number of aliphatic hydroxyl groups is 1. The number of hydrogen-bond acceptors (Lipinski definition) is 2. The van der Waals surface area contributed by atoms with E-state index in [0.29, 0.717) is 23.6 Å². The zero-order valence-electron chi connectivity index (χ0n) is 13.4. The quantitative estimate of drug-likeness (QED) is 0.846. The van der Waals surface area contributed by atoms with Crippen molar-refractivity contribution in [1.29, 1.82) is 0 Å². The first-order valence-corrected chi connectivity index (χ1v) is 7.53. The topological polar surface area (TPSA) is 40.5 Å². The molecule has 1 amide bonds. The molecule has 0 heterocycles. The number of nitrogens with zero attached hydrogens (tertiary/aromatic N) is 1. The van der Waals surface area contributed by atoms with Gasteiger partial charge in [-0.05, 0) is 37.5 Å². The van der Waals surface area contributed by atoms with Crippen molar-refractivity contribution in [2.24, 2.45) is 5.92 Å². The van der Waals surface area contributed by atoms with E-state index in [4.69, 9.17) is 5.11 Å². The molecule has 0 radical (unpaired) electrons. The molecule has 114 valence electrons. The molecule has 0 bridgehead atoms. The van der Waals surface area contributed by atoms with Crippen LogP contribution in [0.5, 0.6) is 0 Å². The Kier molecular flexibility index (Phi) is 6.98. The van der Waals surface area contributed by atoms with E-state index in [9.17, 15) is 4.79 Å². The molecule has 21 heavy (non-hydrogen) atoms. The van der Waals surface area contributed by atoms with Crippen LogP contribution in [0.2, 0.25) is 0 Å². The molecule has 3 heteroatoms. The molecule has 0 fully saturated rings. The van der Waals surface area contributed by atoms with E-state index in [-0.39, 0.29) is 12.5 Å². The van der Waals surface area contributed by atoms with Gasteiger partial charge in [0.15, 0.2) is 0 Å². The first-order chi connectivity index (χ1) is 10.0. The van der Waals surface area contributed by atoms with Gasteiger partial charge in [0.1, 0.15) is 6.61 Å². The molecule has 1 aromatic rings. The normalized spacial score (nSPS) is 11.5. The minimum absolute atomic E-state index is 0.0139.